The Labute approximate surface area is 85.5 Å². The van der Waals surface area contributed by atoms with E-state index >= 15 is 0 Å². The smallest absolute Gasteiger partial charge is 0.338 e. The molecule has 0 aliphatic carbocycles. The van der Waals surface area contributed by atoms with Crippen molar-refractivity contribution in [3.05, 3.63) is 29.8 Å². The summed E-state index contributed by atoms with van der Waals surface area (Å²) in [5.41, 5.74) is 1.13. The molecule has 0 aliphatic heterocycles. The maximum atomic E-state index is 9.12. The highest BCUT2D eigenvalue weighted by Crippen LogP contribution is 2.16. The molecule has 4 heteroatoms. The Morgan fingerprint density at radius 3 is 2.07 bits per heavy atom. The van der Waals surface area contributed by atoms with Gasteiger partial charge in [0.05, 0.1) is 0 Å². The molecular weight excluding hydrogens is 196 g/mol. The van der Waals surface area contributed by atoms with Crippen molar-refractivity contribution < 1.29 is 14.0 Å². The predicted octanol–water partition coefficient (Wildman–Crippen LogP) is 1.84. The van der Waals surface area contributed by atoms with Crippen molar-refractivity contribution in [1.29, 1.82) is 0 Å². The molecule has 0 fully saturated rings. The minimum Gasteiger partial charge on any atom is -0.508 e. The highest BCUT2D eigenvalue weighted by molar-refractivity contribution is 6.65. The van der Waals surface area contributed by atoms with E-state index in [1.54, 1.807) is 26.4 Å². The highest BCUT2D eigenvalue weighted by Gasteiger charge is 2.28. The van der Waals surface area contributed by atoms with Crippen LogP contribution in [0.2, 0.25) is 6.55 Å². The van der Waals surface area contributed by atoms with Gasteiger partial charge < -0.3 is 14.0 Å². The number of hydrogen-bond donors (Lipinski definition) is 1. The summed E-state index contributed by atoms with van der Waals surface area (Å²) >= 11 is 0. The van der Waals surface area contributed by atoms with Crippen molar-refractivity contribution in [2.45, 2.75) is 12.6 Å². The van der Waals surface area contributed by atoms with Gasteiger partial charge in [0.2, 0.25) is 0 Å². The van der Waals surface area contributed by atoms with Gasteiger partial charge in [-0.3, -0.25) is 0 Å². The van der Waals surface area contributed by atoms with Crippen LogP contribution in [-0.4, -0.2) is 27.9 Å². The van der Waals surface area contributed by atoms with Gasteiger partial charge in [-0.2, -0.15) is 0 Å². The van der Waals surface area contributed by atoms with Crippen molar-refractivity contribution >= 4 is 8.56 Å². The van der Waals surface area contributed by atoms with Crippen LogP contribution in [0.25, 0.3) is 0 Å². The van der Waals surface area contributed by atoms with Gasteiger partial charge in [0, 0.05) is 20.3 Å². The summed E-state index contributed by atoms with van der Waals surface area (Å²) in [7, 11) is 1.32. The molecule has 0 aliphatic rings. The fourth-order valence-electron chi connectivity index (χ4n) is 1.21. The molecule has 0 saturated carbocycles. The lowest BCUT2D eigenvalue weighted by Crippen LogP contribution is -2.39. The van der Waals surface area contributed by atoms with Gasteiger partial charge in [-0.1, -0.05) is 12.1 Å². The van der Waals surface area contributed by atoms with Crippen LogP contribution in [0.4, 0.5) is 0 Å². The molecule has 0 amide bonds. The topological polar surface area (TPSA) is 38.7 Å². The summed E-state index contributed by atoms with van der Waals surface area (Å²) in [5.74, 6) is 0.284. The first-order valence-corrected chi connectivity index (χ1v) is 7.00. The van der Waals surface area contributed by atoms with Crippen molar-refractivity contribution in [2.24, 2.45) is 0 Å². The van der Waals surface area contributed by atoms with Gasteiger partial charge in [0.1, 0.15) is 5.75 Å². The zero-order valence-electron chi connectivity index (χ0n) is 8.78. The average Bonchev–Trinajstić information content (AvgIpc) is 2.21. The molecule has 3 nitrogen and oxygen atoms in total. The summed E-state index contributed by atoms with van der Waals surface area (Å²) in [6, 6.07) is 7.92. The van der Waals surface area contributed by atoms with E-state index in [2.05, 4.69) is 0 Å². The van der Waals surface area contributed by atoms with Crippen LogP contribution in [0.1, 0.15) is 5.56 Å². The van der Waals surface area contributed by atoms with E-state index in [0.29, 0.717) is 0 Å². The van der Waals surface area contributed by atoms with Gasteiger partial charge in [-0.25, -0.2) is 0 Å². The molecule has 0 unspecified atom stereocenters. The van der Waals surface area contributed by atoms with Crippen LogP contribution in [0.3, 0.4) is 0 Å². The van der Waals surface area contributed by atoms with Gasteiger partial charge in [-0.15, -0.1) is 0 Å². The van der Waals surface area contributed by atoms with E-state index in [0.717, 1.165) is 11.6 Å². The Kier molecular flexibility index (Phi) is 3.68. The second-order valence-electron chi connectivity index (χ2n) is 3.39. The summed E-state index contributed by atoms with van der Waals surface area (Å²) in [5, 5.41) is 9.12. The molecule has 1 N–H and O–H groups in total. The zero-order valence-corrected chi connectivity index (χ0v) is 9.78. The van der Waals surface area contributed by atoms with Crippen molar-refractivity contribution in [1.82, 2.24) is 0 Å². The lowest BCUT2D eigenvalue weighted by atomic mass is 10.2. The Balaban J connectivity index is 2.72. The number of phenols is 1. The fraction of sp³-hybridized carbons (Fsp3) is 0.400. The predicted molar refractivity (Wildman–Crippen MR) is 57.4 cm³/mol. The first-order chi connectivity index (χ1) is 6.59. The largest absolute Gasteiger partial charge is 0.508 e. The second kappa shape index (κ2) is 4.59. The highest BCUT2D eigenvalue weighted by atomic mass is 28.4. The summed E-state index contributed by atoms with van der Waals surface area (Å²) < 4.78 is 10.8. The fourth-order valence-corrected chi connectivity index (χ4v) is 2.64. The molecule has 1 rings (SSSR count). The first-order valence-electron chi connectivity index (χ1n) is 4.48. The molecule has 78 valence electrons. The third kappa shape index (κ3) is 2.83. The number of phenolic OH excluding ortho intramolecular Hbond substituents is 1. The van der Waals surface area contributed by atoms with E-state index in [-0.39, 0.29) is 5.75 Å². The number of aromatic hydroxyl groups is 1. The lowest BCUT2D eigenvalue weighted by Gasteiger charge is -2.22. The Morgan fingerprint density at radius 1 is 1.14 bits per heavy atom. The van der Waals surface area contributed by atoms with Crippen molar-refractivity contribution in [3.63, 3.8) is 0 Å². The lowest BCUT2D eigenvalue weighted by molar-refractivity contribution is 0.249. The van der Waals surface area contributed by atoms with Crippen molar-refractivity contribution in [2.75, 3.05) is 14.2 Å². The number of benzene rings is 1. The molecule has 1 aromatic rings. The van der Waals surface area contributed by atoms with Gasteiger partial charge in [-0.05, 0) is 24.2 Å². The standard InChI is InChI=1S/C10H16O3Si/c1-12-14(3,13-2)8-9-4-6-10(11)7-5-9/h4-7,11H,8H2,1-3H3. The molecule has 14 heavy (non-hydrogen) atoms. The van der Waals surface area contributed by atoms with Crippen LogP contribution in [-0.2, 0) is 14.9 Å². The maximum Gasteiger partial charge on any atom is 0.338 e. The van der Waals surface area contributed by atoms with Gasteiger partial charge >= 0.3 is 8.56 Å². The third-order valence-electron chi connectivity index (χ3n) is 2.33. The molecule has 0 heterocycles. The summed E-state index contributed by atoms with van der Waals surface area (Å²) in [4.78, 5) is 0. The Morgan fingerprint density at radius 2 is 1.64 bits per heavy atom. The maximum absolute atomic E-state index is 9.12. The number of hydrogen-bond acceptors (Lipinski definition) is 3. The van der Waals surface area contributed by atoms with E-state index in [1.807, 2.05) is 18.7 Å². The number of rotatable bonds is 4. The molecule has 0 atom stereocenters. The van der Waals surface area contributed by atoms with Crippen molar-refractivity contribution in [3.8, 4) is 5.75 Å². The van der Waals surface area contributed by atoms with Crippen LogP contribution in [0.5, 0.6) is 5.75 Å². The summed E-state index contributed by atoms with van der Waals surface area (Å²) in [6.45, 7) is 2.01. The van der Waals surface area contributed by atoms with Crippen LogP contribution < -0.4 is 0 Å². The Bertz CT molecular complexity index is 280. The summed E-state index contributed by atoms with van der Waals surface area (Å²) in [6.07, 6.45) is 0. The quantitative estimate of drug-likeness (QED) is 0.774. The first kappa shape index (κ1) is 11.2. The SMILES string of the molecule is CO[Si](C)(Cc1ccc(O)cc1)OC. The molecule has 0 saturated heterocycles. The average molecular weight is 212 g/mol. The normalized spacial score (nSPS) is 11.6. The Hall–Kier alpha value is -0.843. The monoisotopic (exact) mass is 212 g/mol. The molecule has 1 aromatic carbocycles. The van der Waals surface area contributed by atoms with Crippen LogP contribution in [0, 0.1) is 0 Å². The second-order valence-corrected chi connectivity index (χ2v) is 6.82. The molecule has 0 radical (unpaired) electrons. The van der Waals surface area contributed by atoms with E-state index in [1.165, 1.54) is 0 Å². The van der Waals surface area contributed by atoms with Gasteiger partial charge in [0.25, 0.3) is 0 Å². The molecule has 0 bridgehead atoms. The van der Waals surface area contributed by atoms with E-state index in [9.17, 15) is 0 Å². The van der Waals surface area contributed by atoms with Crippen LogP contribution >= 0.6 is 0 Å². The molecule has 0 spiro atoms. The van der Waals surface area contributed by atoms with E-state index in [4.69, 9.17) is 14.0 Å². The minimum absolute atomic E-state index is 0.284. The van der Waals surface area contributed by atoms with Crippen LogP contribution in [0.15, 0.2) is 24.3 Å². The van der Waals surface area contributed by atoms with E-state index < -0.39 is 8.56 Å². The zero-order chi connectivity index (χ0) is 10.6. The minimum atomic E-state index is -2.04. The van der Waals surface area contributed by atoms with Gasteiger partial charge in [0.15, 0.2) is 0 Å². The molecular formula is C10H16O3Si. The third-order valence-corrected chi connectivity index (χ3v) is 5.10. The molecule has 0 aromatic heterocycles.